The van der Waals surface area contributed by atoms with Gasteiger partial charge in [-0.25, -0.2) is 0 Å². The highest BCUT2D eigenvalue weighted by Crippen LogP contribution is 2.29. The Morgan fingerprint density at radius 2 is 2.00 bits per heavy atom. The number of aliphatic hydroxyl groups excluding tert-OH is 1. The van der Waals surface area contributed by atoms with Crippen LogP contribution < -0.4 is 4.74 Å². The summed E-state index contributed by atoms with van der Waals surface area (Å²) in [4.78, 5) is 2.12. The first kappa shape index (κ1) is 13.2. The van der Waals surface area contributed by atoms with Gasteiger partial charge >= 0.3 is 0 Å². The Morgan fingerprint density at radius 3 is 2.80 bits per heavy atom. The molecule has 1 atom stereocenters. The molecule has 1 aliphatic rings. The van der Waals surface area contributed by atoms with Crippen LogP contribution in [0.4, 0.5) is 0 Å². The molecule has 2 aromatic rings. The van der Waals surface area contributed by atoms with Crippen molar-refractivity contribution in [3.8, 4) is 5.75 Å². The number of hydrogen-bond donors (Lipinski definition) is 1. The van der Waals surface area contributed by atoms with Crippen LogP contribution >= 0.6 is 0 Å². The van der Waals surface area contributed by atoms with Crippen molar-refractivity contribution in [3.05, 3.63) is 65.2 Å². The lowest BCUT2D eigenvalue weighted by atomic mass is 9.97. The first-order valence-electron chi connectivity index (χ1n) is 6.88. The maximum atomic E-state index is 10.1. The van der Waals surface area contributed by atoms with E-state index in [2.05, 4.69) is 11.0 Å². The third-order valence-electron chi connectivity index (χ3n) is 3.65. The fourth-order valence-corrected chi connectivity index (χ4v) is 2.61. The number of rotatable bonds is 3. The Hall–Kier alpha value is -1.84. The molecule has 104 valence electrons. The van der Waals surface area contributed by atoms with E-state index >= 15 is 0 Å². The van der Waals surface area contributed by atoms with E-state index in [1.165, 1.54) is 5.56 Å². The highest BCUT2D eigenvalue weighted by molar-refractivity contribution is 5.38. The van der Waals surface area contributed by atoms with Gasteiger partial charge in [0.2, 0.25) is 0 Å². The van der Waals surface area contributed by atoms with Gasteiger partial charge in [-0.15, -0.1) is 0 Å². The van der Waals surface area contributed by atoms with Crippen molar-refractivity contribution in [2.75, 3.05) is 13.6 Å². The smallest absolute Gasteiger partial charge is 0.120 e. The molecule has 0 spiro atoms. The number of β-amino-alcohol motifs (C(OH)–C–C–N with tert-alkyl or cyclic N) is 1. The molecule has 0 radical (unpaired) electrons. The third-order valence-corrected chi connectivity index (χ3v) is 3.65. The second-order valence-corrected chi connectivity index (χ2v) is 5.35. The normalized spacial score (nSPS) is 18.6. The van der Waals surface area contributed by atoms with Gasteiger partial charge in [0, 0.05) is 13.1 Å². The molecule has 3 heteroatoms. The van der Waals surface area contributed by atoms with E-state index in [1.54, 1.807) is 0 Å². The predicted octanol–water partition coefficient (Wildman–Crippen LogP) is 2.74. The van der Waals surface area contributed by atoms with E-state index in [-0.39, 0.29) is 0 Å². The molecule has 0 aliphatic carbocycles. The van der Waals surface area contributed by atoms with Crippen LogP contribution in [-0.2, 0) is 13.2 Å². The average Bonchev–Trinajstić information content (AvgIpc) is 2.46. The van der Waals surface area contributed by atoms with Crippen LogP contribution in [0.1, 0.15) is 22.8 Å². The van der Waals surface area contributed by atoms with Crippen molar-refractivity contribution in [3.63, 3.8) is 0 Å². The molecule has 1 aliphatic heterocycles. The van der Waals surface area contributed by atoms with Gasteiger partial charge in [0.25, 0.3) is 0 Å². The Morgan fingerprint density at radius 1 is 1.20 bits per heavy atom. The maximum Gasteiger partial charge on any atom is 0.120 e. The summed E-state index contributed by atoms with van der Waals surface area (Å²) in [5.41, 5.74) is 3.32. The number of benzene rings is 2. The van der Waals surface area contributed by atoms with E-state index in [4.69, 9.17) is 4.74 Å². The van der Waals surface area contributed by atoms with E-state index in [9.17, 15) is 5.11 Å². The lowest BCUT2D eigenvalue weighted by molar-refractivity contribution is 0.107. The summed E-state index contributed by atoms with van der Waals surface area (Å²) in [6.45, 7) is 2.11. The van der Waals surface area contributed by atoms with Gasteiger partial charge in [-0.1, -0.05) is 36.4 Å². The zero-order valence-corrected chi connectivity index (χ0v) is 11.6. The summed E-state index contributed by atoms with van der Waals surface area (Å²) in [5, 5.41) is 10.1. The van der Waals surface area contributed by atoms with Crippen molar-refractivity contribution in [1.29, 1.82) is 0 Å². The average molecular weight is 269 g/mol. The molecule has 0 saturated heterocycles. The van der Waals surface area contributed by atoms with E-state index in [0.717, 1.165) is 23.4 Å². The zero-order valence-electron chi connectivity index (χ0n) is 11.6. The summed E-state index contributed by atoms with van der Waals surface area (Å²) in [7, 11) is 2.02. The van der Waals surface area contributed by atoms with Gasteiger partial charge in [0.1, 0.15) is 12.4 Å². The van der Waals surface area contributed by atoms with Crippen molar-refractivity contribution in [1.82, 2.24) is 4.90 Å². The number of hydrogen-bond acceptors (Lipinski definition) is 3. The van der Waals surface area contributed by atoms with Crippen LogP contribution in [0.15, 0.2) is 48.5 Å². The van der Waals surface area contributed by atoms with Crippen LogP contribution in [0.25, 0.3) is 0 Å². The van der Waals surface area contributed by atoms with Crippen molar-refractivity contribution < 1.29 is 9.84 Å². The molecule has 1 N–H and O–H groups in total. The fourth-order valence-electron chi connectivity index (χ4n) is 2.61. The zero-order chi connectivity index (χ0) is 13.9. The molecule has 2 aromatic carbocycles. The fraction of sp³-hybridized carbons (Fsp3) is 0.294. The third kappa shape index (κ3) is 2.84. The Balaban J connectivity index is 1.74. The second-order valence-electron chi connectivity index (χ2n) is 5.35. The van der Waals surface area contributed by atoms with Crippen molar-refractivity contribution in [2.45, 2.75) is 19.3 Å². The van der Waals surface area contributed by atoms with Gasteiger partial charge in [-0.2, -0.15) is 0 Å². The molecular formula is C17H19NO2. The first-order chi connectivity index (χ1) is 9.72. The van der Waals surface area contributed by atoms with Crippen LogP contribution in [0.3, 0.4) is 0 Å². The molecule has 0 saturated carbocycles. The first-order valence-corrected chi connectivity index (χ1v) is 6.88. The molecule has 1 heterocycles. The largest absolute Gasteiger partial charge is 0.489 e. The Bertz CT molecular complexity index is 583. The van der Waals surface area contributed by atoms with E-state index in [1.807, 2.05) is 49.5 Å². The summed E-state index contributed by atoms with van der Waals surface area (Å²) in [6.07, 6.45) is -0.427. The number of likely N-dealkylation sites (N-methyl/N-ethyl adjacent to an activating group) is 1. The number of fused-ring (bicyclic) bond motifs is 1. The number of aliphatic hydroxyl groups is 1. The van der Waals surface area contributed by atoms with E-state index < -0.39 is 6.10 Å². The van der Waals surface area contributed by atoms with Crippen LogP contribution in [0.2, 0.25) is 0 Å². The van der Waals surface area contributed by atoms with Gasteiger partial charge in [0.15, 0.2) is 0 Å². The van der Waals surface area contributed by atoms with Gasteiger partial charge in [-0.3, -0.25) is 4.90 Å². The van der Waals surface area contributed by atoms with Gasteiger partial charge < -0.3 is 9.84 Å². The Kier molecular flexibility index (Phi) is 3.72. The van der Waals surface area contributed by atoms with Crippen molar-refractivity contribution >= 4 is 0 Å². The second kappa shape index (κ2) is 5.65. The molecule has 20 heavy (non-hydrogen) atoms. The molecule has 3 nitrogen and oxygen atoms in total. The predicted molar refractivity (Wildman–Crippen MR) is 78.5 cm³/mol. The summed E-state index contributed by atoms with van der Waals surface area (Å²) < 4.78 is 5.81. The molecule has 0 bridgehead atoms. The Labute approximate surface area is 119 Å². The lowest BCUT2D eigenvalue weighted by Crippen LogP contribution is -2.30. The maximum absolute atomic E-state index is 10.1. The SMILES string of the molecule is CN1Cc2ccc(OCc3ccccc3)cc2[C@@H](O)C1. The molecule has 0 amide bonds. The molecule has 0 unspecified atom stereocenters. The highest BCUT2D eigenvalue weighted by Gasteiger charge is 2.21. The van der Waals surface area contributed by atoms with E-state index in [0.29, 0.717) is 13.2 Å². The number of nitrogens with zero attached hydrogens (tertiary/aromatic N) is 1. The topological polar surface area (TPSA) is 32.7 Å². The minimum atomic E-state index is -0.427. The summed E-state index contributed by atoms with van der Waals surface area (Å²) in [5.74, 6) is 0.816. The number of ether oxygens (including phenoxy) is 1. The highest BCUT2D eigenvalue weighted by atomic mass is 16.5. The van der Waals surface area contributed by atoms with Crippen LogP contribution in [-0.4, -0.2) is 23.6 Å². The minimum Gasteiger partial charge on any atom is -0.489 e. The van der Waals surface area contributed by atoms with Crippen LogP contribution in [0, 0.1) is 0 Å². The lowest BCUT2D eigenvalue weighted by Gasteiger charge is -2.29. The standard InChI is InChI=1S/C17H19NO2/c1-18-10-14-7-8-15(9-16(14)17(19)11-18)20-12-13-5-3-2-4-6-13/h2-9,17,19H,10-12H2,1H3/t17-/m0/s1. The molecular weight excluding hydrogens is 250 g/mol. The monoisotopic (exact) mass is 269 g/mol. The van der Waals surface area contributed by atoms with Crippen LogP contribution in [0.5, 0.6) is 5.75 Å². The quantitative estimate of drug-likeness (QED) is 0.930. The molecule has 0 fully saturated rings. The summed E-state index contributed by atoms with van der Waals surface area (Å²) >= 11 is 0. The molecule has 3 rings (SSSR count). The minimum absolute atomic E-state index is 0.427. The van der Waals surface area contributed by atoms with Gasteiger partial charge in [0.05, 0.1) is 6.10 Å². The van der Waals surface area contributed by atoms with Gasteiger partial charge in [-0.05, 0) is 35.9 Å². The molecule has 0 aromatic heterocycles. The van der Waals surface area contributed by atoms with Crippen molar-refractivity contribution in [2.24, 2.45) is 0 Å². The summed E-state index contributed by atoms with van der Waals surface area (Å²) in [6, 6.07) is 16.1.